The lowest BCUT2D eigenvalue weighted by Crippen LogP contribution is -2.41. The van der Waals surface area contributed by atoms with Gasteiger partial charge in [-0.3, -0.25) is 0 Å². The molecule has 5 heteroatoms. The molecule has 5 nitrogen and oxygen atoms in total. The first-order valence-electron chi connectivity index (χ1n) is 7.68. The third-order valence-corrected chi connectivity index (χ3v) is 3.49. The molecule has 1 aromatic carbocycles. The molecule has 1 aliphatic rings. The Balaban J connectivity index is 1.79. The normalized spacial score (nSPS) is 15.2. The number of ether oxygens (including phenoxy) is 2. The van der Waals surface area contributed by atoms with Crippen LogP contribution in [0.2, 0.25) is 0 Å². The monoisotopic (exact) mass is 292 g/mol. The van der Waals surface area contributed by atoms with E-state index in [9.17, 15) is 4.79 Å². The van der Waals surface area contributed by atoms with Crippen LogP contribution in [0.3, 0.4) is 0 Å². The minimum atomic E-state index is -0.0502. The van der Waals surface area contributed by atoms with E-state index in [0.717, 1.165) is 25.9 Å². The zero-order chi connectivity index (χ0) is 14.9. The maximum absolute atomic E-state index is 12.1. The minimum Gasteiger partial charge on any atom is -0.490 e. The van der Waals surface area contributed by atoms with Gasteiger partial charge in [0.1, 0.15) is 0 Å². The summed E-state index contributed by atoms with van der Waals surface area (Å²) in [6.45, 7) is 4.33. The van der Waals surface area contributed by atoms with Crippen molar-refractivity contribution in [2.75, 3.05) is 26.4 Å². The number of carbonyl (C=O) groups excluding carboxylic acids is 1. The van der Waals surface area contributed by atoms with Crippen molar-refractivity contribution in [3.63, 3.8) is 0 Å². The lowest BCUT2D eigenvalue weighted by molar-refractivity contribution is 0.184. The van der Waals surface area contributed by atoms with Gasteiger partial charge < -0.3 is 19.7 Å². The van der Waals surface area contributed by atoms with Crippen molar-refractivity contribution in [1.82, 2.24) is 10.2 Å². The molecule has 1 aliphatic heterocycles. The zero-order valence-electron chi connectivity index (χ0n) is 12.6. The molecule has 1 aromatic rings. The van der Waals surface area contributed by atoms with Gasteiger partial charge in [-0.15, -0.1) is 0 Å². The largest absolute Gasteiger partial charge is 0.490 e. The van der Waals surface area contributed by atoms with Crippen LogP contribution in [0.5, 0.6) is 11.5 Å². The molecule has 0 radical (unpaired) electrons. The lowest BCUT2D eigenvalue weighted by atomic mass is 10.2. The highest BCUT2D eigenvalue weighted by atomic mass is 16.5. The number of amides is 2. The van der Waals surface area contributed by atoms with Gasteiger partial charge in [-0.05, 0) is 31.9 Å². The highest BCUT2D eigenvalue weighted by molar-refractivity contribution is 5.74. The SMILES string of the molecule is CCOc1ccccc1OCNC(=O)N1CCCCCC1. The van der Waals surface area contributed by atoms with Crippen LogP contribution >= 0.6 is 0 Å². The Morgan fingerprint density at radius 1 is 1.10 bits per heavy atom. The maximum Gasteiger partial charge on any atom is 0.320 e. The van der Waals surface area contributed by atoms with Crippen LogP contribution in [0.25, 0.3) is 0 Å². The van der Waals surface area contributed by atoms with E-state index in [1.54, 1.807) is 0 Å². The van der Waals surface area contributed by atoms with E-state index < -0.39 is 0 Å². The van der Waals surface area contributed by atoms with Crippen molar-refractivity contribution < 1.29 is 14.3 Å². The molecule has 0 aromatic heterocycles. The van der Waals surface area contributed by atoms with Crippen LogP contribution in [0, 0.1) is 0 Å². The molecule has 1 fully saturated rings. The van der Waals surface area contributed by atoms with Gasteiger partial charge in [0.15, 0.2) is 18.2 Å². The summed E-state index contributed by atoms with van der Waals surface area (Å²) in [6, 6.07) is 7.42. The Bertz CT molecular complexity index is 443. The average Bonchev–Trinajstić information content (AvgIpc) is 2.78. The molecule has 0 bridgehead atoms. The van der Waals surface area contributed by atoms with Crippen molar-refractivity contribution in [3.05, 3.63) is 24.3 Å². The van der Waals surface area contributed by atoms with Crippen molar-refractivity contribution in [1.29, 1.82) is 0 Å². The van der Waals surface area contributed by atoms with Crippen molar-refractivity contribution in [2.24, 2.45) is 0 Å². The second-order valence-electron chi connectivity index (χ2n) is 5.05. The number of likely N-dealkylation sites (tertiary alicyclic amines) is 1. The van der Waals surface area contributed by atoms with Gasteiger partial charge >= 0.3 is 6.03 Å². The number of rotatable bonds is 5. The van der Waals surface area contributed by atoms with Gasteiger partial charge in [0.2, 0.25) is 0 Å². The summed E-state index contributed by atoms with van der Waals surface area (Å²) < 4.78 is 11.1. The van der Waals surface area contributed by atoms with E-state index in [-0.39, 0.29) is 12.8 Å². The van der Waals surface area contributed by atoms with Crippen LogP contribution < -0.4 is 14.8 Å². The quantitative estimate of drug-likeness (QED) is 0.849. The molecular formula is C16H24N2O3. The number of nitrogens with one attached hydrogen (secondary N) is 1. The molecule has 1 saturated heterocycles. The smallest absolute Gasteiger partial charge is 0.320 e. The molecule has 1 N–H and O–H groups in total. The van der Waals surface area contributed by atoms with Crippen LogP contribution in [0.15, 0.2) is 24.3 Å². The average molecular weight is 292 g/mol. The Hall–Kier alpha value is -1.91. The summed E-state index contributed by atoms with van der Waals surface area (Å²) in [5.74, 6) is 1.35. The Labute approximate surface area is 126 Å². The minimum absolute atomic E-state index is 0.0502. The van der Waals surface area contributed by atoms with E-state index in [1.807, 2.05) is 36.1 Å². The predicted molar refractivity (Wildman–Crippen MR) is 81.7 cm³/mol. The van der Waals surface area contributed by atoms with Gasteiger partial charge in [-0.25, -0.2) is 4.79 Å². The highest BCUT2D eigenvalue weighted by Gasteiger charge is 2.15. The highest BCUT2D eigenvalue weighted by Crippen LogP contribution is 2.25. The number of benzene rings is 1. The van der Waals surface area contributed by atoms with Crippen molar-refractivity contribution >= 4 is 6.03 Å². The molecule has 0 aliphatic carbocycles. The summed E-state index contributed by atoms with van der Waals surface area (Å²) >= 11 is 0. The standard InChI is InChI=1S/C16H24N2O3/c1-2-20-14-9-5-6-10-15(14)21-13-17-16(19)18-11-7-3-4-8-12-18/h5-6,9-10H,2-4,7-8,11-13H2,1H3,(H,17,19). The number of hydrogen-bond donors (Lipinski definition) is 1. The number of urea groups is 1. The Kier molecular flexibility index (Phi) is 6.19. The second kappa shape index (κ2) is 8.39. The molecular weight excluding hydrogens is 268 g/mol. The van der Waals surface area contributed by atoms with E-state index in [0.29, 0.717) is 18.1 Å². The number of para-hydroxylation sites is 2. The van der Waals surface area contributed by atoms with Crippen molar-refractivity contribution in [3.8, 4) is 11.5 Å². The van der Waals surface area contributed by atoms with Crippen molar-refractivity contribution in [2.45, 2.75) is 32.6 Å². The Morgan fingerprint density at radius 2 is 1.71 bits per heavy atom. The topological polar surface area (TPSA) is 50.8 Å². The van der Waals surface area contributed by atoms with E-state index in [2.05, 4.69) is 5.32 Å². The number of carbonyl (C=O) groups is 1. The maximum atomic E-state index is 12.1. The molecule has 0 spiro atoms. The number of hydrogen-bond acceptors (Lipinski definition) is 3. The second-order valence-corrected chi connectivity index (χ2v) is 5.05. The number of nitrogens with zero attached hydrogens (tertiary/aromatic N) is 1. The predicted octanol–water partition coefficient (Wildman–Crippen LogP) is 3.01. The summed E-state index contributed by atoms with van der Waals surface area (Å²) in [5.41, 5.74) is 0. The summed E-state index contributed by atoms with van der Waals surface area (Å²) in [5, 5.41) is 2.81. The fourth-order valence-corrected chi connectivity index (χ4v) is 2.41. The molecule has 116 valence electrons. The Morgan fingerprint density at radius 3 is 2.33 bits per heavy atom. The van der Waals surface area contributed by atoms with E-state index >= 15 is 0 Å². The fourth-order valence-electron chi connectivity index (χ4n) is 2.41. The van der Waals surface area contributed by atoms with Gasteiger partial charge in [0.25, 0.3) is 0 Å². The zero-order valence-corrected chi connectivity index (χ0v) is 12.6. The first kappa shape index (κ1) is 15.5. The van der Waals surface area contributed by atoms with E-state index in [4.69, 9.17) is 9.47 Å². The van der Waals surface area contributed by atoms with Crippen LogP contribution in [0.4, 0.5) is 4.79 Å². The summed E-state index contributed by atoms with van der Waals surface area (Å²) in [7, 11) is 0. The fraction of sp³-hybridized carbons (Fsp3) is 0.562. The third kappa shape index (κ3) is 4.85. The molecule has 0 unspecified atom stereocenters. The van der Waals surface area contributed by atoms with Gasteiger partial charge in [-0.2, -0.15) is 0 Å². The molecule has 1 heterocycles. The summed E-state index contributed by atoms with van der Waals surface area (Å²) in [6.07, 6.45) is 4.59. The summed E-state index contributed by atoms with van der Waals surface area (Å²) in [4.78, 5) is 13.9. The molecule has 2 rings (SSSR count). The first-order valence-corrected chi connectivity index (χ1v) is 7.68. The molecule has 2 amide bonds. The van der Waals surface area contributed by atoms with Gasteiger partial charge in [0, 0.05) is 13.1 Å². The molecule has 0 saturated carbocycles. The molecule has 0 atom stereocenters. The van der Waals surface area contributed by atoms with Gasteiger partial charge in [-0.1, -0.05) is 25.0 Å². The van der Waals surface area contributed by atoms with Crippen LogP contribution in [-0.4, -0.2) is 37.4 Å². The van der Waals surface area contributed by atoms with Crippen LogP contribution in [0.1, 0.15) is 32.6 Å². The van der Waals surface area contributed by atoms with Gasteiger partial charge in [0.05, 0.1) is 6.61 Å². The molecule has 21 heavy (non-hydrogen) atoms. The first-order chi connectivity index (χ1) is 10.3. The van der Waals surface area contributed by atoms with Crippen LogP contribution in [-0.2, 0) is 0 Å². The van der Waals surface area contributed by atoms with E-state index in [1.165, 1.54) is 12.8 Å². The third-order valence-electron chi connectivity index (χ3n) is 3.49. The lowest BCUT2D eigenvalue weighted by Gasteiger charge is -2.21.